The second-order valence-electron chi connectivity index (χ2n) is 4.48. The summed E-state index contributed by atoms with van der Waals surface area (Å²) < 4.78 is 17.9. The van der Waals surface area contributed by atoms with Crippen molar-refractivity contribution in [3.63, 3.8) is 0 Å². The normalized spacial score (nSPS) is 11.2. The van der Waals surface area contributed by atoms with Gasteiger partial charge in [-0.15, -0.1) is 0 Å². The van der Waals surface area contributed by atoms with Gasteiger partial charge in [-0.3, -0.25) is 4.57 Å². The van der Waals surface area contributed by atoms with Gasteiger partial charge in [0.2, 0.25) is 0 Å². The lowest BCUT2D eigenvalue weighted by Crippen LogP contribution is -1.96. The predicted octanol–water partition coefficient (Wildman–Crippen LogP) is 5.66. The maximum absolute atomic E-state index is 13.7. The van der Waals surface area contributed by atoms with Crippen molar-refractivity contribution in [1.82, 2.24) is 9.55 Å². The van der Waals surface area contributed by atoms with Crippen molar-refractivity contribution >= 4 is 55.1 Å². The van der Waals surface area contributed by atoms with E-state index in [2.05, 4.69) is 36.8 Å². The molecule has 3 aromatic rings. The third-order valence-corrected chi connectivity index (χ3v) is 4.56. The summed E-state index contributed by atoms with van der Waals surface area (Å²) in [4.78, 5) is 3.04. The average Bonchev–Trinajstić information content (AvgIpc) is 2.69. The van der Waals surface area contributed by atoms with Crippen LogP contribution in [0.25, 0.3) is 16.7 Å². The molecule has 6 heteroatoms. The average molecular weight is 416 g/mol. The van der Waals surface area contributed by atoms with Gasteiger partial charge in [0.05, 0.1) is 16.7 Å². The van der Waals surface area contributed by atoms with Crippen molar-refractivity contribution in [2.45, 2.75) is 6.92 Å². The lowest BCUT2D eigenvalue weighted by molar-refractivity contribution is 0.620. The van der Waals surface area contributed by atoms with Crippen LogP contribution in [0.5, 0.6) is 0 Å². The van der Waals surface area contributed by atoms with Crippen LogP contribution >= 0.6 is 44.1 Å². The van der Waals surface area contributed by atoms with E-state index in [1.54, 1.807) is 13.0 Å². The number of H-pyrrole nitrogens is 1. The van der Waals surface area contributed by atoms with E-state index in [0.29, 0.717) is 15.9 Å². The molecule has 2 aromatic carbocycles. The quantitative estimate of drug-likeness (QED) is 0.508. The van der Waals surface area contributed by atoms with E-state index < -0.39 is 0 Å². The Morgan fingerprint density at radius 3 is 2.70 bits per heavy atom. The van der Waals surface area contributed by atoms with Gasteiger partial charge >= 0.3 is 0 Å². The predicted molar refractivity (Wildman–Crippen MR) is 88.6 cm³/mol. The zero-order valence-electron chi connectivity index (χ0n) is 10.4. The Labute approximate surface area is 136 Å². The molecule has 0 spiro atoms. The largest absolute Gasteiger partial charge is 0.330 e. The third kappa shape index (κ3) is 2.25. The second kappa shape index (κ2) is 5.09. The van der Waals surface area contributed by atoms with E-state index in [-0.39, 0.29) is 5.82 Å². The number of rotatable bonds is 1. The summed E-state index contributed by atoms with van der Waals surface area (Å²) in [6, 6.07) is 9.12. The Morgan fingerprint density at radius 1 is 1.20 bits per heavy atom. The van der Waals surface area contributed by atoms with Crippen LogP contribution in [0.15, 0.2) is 39.3 Å². The molecule has 0 saturated heterocycles. The molecule has 1 heterocycles. The van der Waals surface area contributed by atoms with Crippen molar-refractivity contribution in [3.05, 3.63) is 55.4 Å². The van der Waals surface area contributed by atoms with Crippen LogP contribution in [-0.2, 0) is 0 Å². The van der Waals surface area contributed by atoms with Crippen molar-refractivity contribution in [3.8, 4) is 5.69 Å². The highest BCUT2D eigenvalue weighted by Gasteiger charge is 2.12. The molecule has 3 rings (SSSR count). The molecule has 1 N–H and O–H groups in total. The molecule has 102 valence electrons. The Hall–Kier alpha value is -0.980. The lowest BCUT2D eigenvalue weighted by atomic mass is 10.2. The number of halogens is 3. The highest BCUT2D eigenvalue weighted by molar-refractivity contribution is 9.11. The van der Waals surface area contributed by atoms with Crippen LogP contribution < -0.4 is 0 Å². The van der Waals surface area contributed by atoms with Crippen molar-refractivity contribution in [1.29, 1.82) is 0 Å². The van der Waals surface area contributed by atoms with Crippen LogP contribution in [0.1, 0.15) is 5.56 Å². The summed E-state index contributed by atoms with van der Waals surface area (Å²) in [6.45, 7) is 1.74. The van der Waals surface area contributed by atoms with Gasteiger partial charge in [0.25, 0.3) is 0 Å². The molecule has 0 unspecified atom stereocenters. The third-order valence-electron chi connectivity index (χ3n) is 3.11. The maximum Gasteiger partial charge on any atom is 0.182 e. The van der Waals surface area contributed by atoms with Gasteiger partial charge in [-0.1, -0.05) is 15.9 Å². The SMILES string of the molecule is Cc1cc2c(cc1F)[nH]c(=S)n2-c1cc(Br)ccc1Br. The Balaban J connectivity index is 2.42. The number of imidazole rings is 1. The van der Waals surface area contributed by atoms with Gasteiger partial charge in [0, 0.05) is 8.95 Å². The Kier molecular flexibility index (Phi) is 3.56. The number of nitrogens with one attached hydrogen (secondary N) is 1. The second-order valence-corrected chi connectivity index (χ2v) is 6.64. The topological polar surface area (TPSA) is 20.7 Å². The molecule has 0 saturated carbocycles. The number of hydrogen-bond donors (Lipinski definition) is 1. The van der Waals surface area contributed by atoms with E-state index >= 15 is 0 Å². The Bertz CT molecular complexity index is 883. The molecule has 0 radical (unpaired) electrons. The zero-order chi connectivity index (χ0) is 14.4. The molecule has 0 amide bonds. The first-order valence-electron chi connectivity index (χ1n) is 5.83. The smallest absolute Gasteiger partial charge is 0.182 e. The fourth-order valence-corrected chi connectivity index (χ4v) is 3.21. The van der Waals surface area contributed by atoms with E-state index in [1.807, 2.05) is 22.8 Å². The summed E-state index contributed by atoms with van der Waals surface area (Å²) in [5.74, 6) is -0.241. The minimum atomic E-state index is -0.241. The zero-order valence-corrected chi connectivity index (χ0v) is 14.4. The summed E-state index contributed by atoms with van der Waals surface area (Å²) in [6.07, 6.45) is 0. The standard InChI is InChI=1S/C14H9Br2FN2S/c1-7-4-13-11(6-10(7)17)18-14(20)19(13)12-5-8(15)2-3-9(12)16/h2-6H,1H3,(H,18,20). The minimum absolute atomic E-state index is 0.241. The van der Waals surface area contributed by atoms with Crippen LogP contribution in [0.2, 0.25) is 0 Å². The van der Waals surface area contributed by atoms with Crippen LogP contribution in [0.4, 0.5) is 4.39 Å². The van der Waals surface area contributed by atoms with E-state index in [9.17, 15) is 4.39 Å². The summed E-state index contributed by atoms with van der Waals surface area (Å²) in [5.41, 5.74) is 3.03. The first-order valence-corrected chi connectivity index (χ1v) is 7.83. The highest BCUT2D eigenvalue weighted by atomic mass is 79.9. The molecular weight excluding hydrogens is 407 g/mol. The molecule has 0 aliphatic heterocycles. The molecule has 0 aliphatic carbocycles. The summed E-state index contributed by atoms with van der Waals surface area (Å²) in [7, 11) is 0. The fraction of sp³-hybridized carbons (Fsp3) is 0.0714. The van der Waals surface area contributed by atoms with Crippen LogP contribution in [0.3, 0.4) is 0 Å². The molecule has 0 atom stereocenters. The number of nitrogens with zero attached hydrogens (tertiary/aromatic N) is 1. The molecule has 20 heavy (non-hydrogen) atoms. The molecule has 2 nitrogen and oxygen atoms in total. The van der Waals surface area contributed by atoms with Gasteiger partial charge in [0.1, 0.15) is 5.82 Å². The number of aromatic nitrogens is 2. The summed E-state index contributed by atoms with van der Waals surface area (Å²) in [5, 5.41) is 0. The number of hydrogen-bond acceptors (Lipinski definition) is 1. The number of fused-ring (bicyclic) bond motifs is 1. The number of aryl methyl sites for hydroxylation is 1. The van der Waals surface area contributed by atoms with E-state index in [0.717, 1.165) is 20.1 Å². The highest BCUT2D eigenvalue weighted by Crippen LogP contribution is 2.29. The number of benzene rings is 2. The van der Waals surface area contributed by atoms with Gasteiger partial charge in [0.15, 0.2) is 4.77 Å². The molecule has 0 fully saturated rings. The van der Waals surface area contributed by atoms with E-state index in [1.165, 1.54) is 6.07 Å². The number of aromatic amines is 1. The molecule has 0 bridgehead atoms. The maximum atomic E-state index is 13.7. The Morgan fingerprint density at radius 2 is 1.95 bits per heavy atom. The summed E-state index contributed by atoms with van der Waals surface area (Å²) >= 11 is 12.4. The minimum Gasteiger partial charge on any atom is -0.330 e. The van der Waals surface area contributed by atoms with Crippen molar-refractivity contribution < 1.29 is 4.39 Å². The molecular formula is C14H9Br2FN2S. The van der Waals surface area contributed by atoms with Gasteiger partial charge in [-0.2, -0.15) is 0 Å². The first kappa shape index (κ1) is 14.0. The van der Waals surface area contributed by atoms with Crippen molar-refractivity contribution in [2.75, 3.05) is 0 Å². The lowest BCUT2D eigenvalue weighted by Gasteiger charge is -2.08. The first-order chi connectivity index (χ1) is 9.47. The van der Waals surface area contributed by atoms with Crippen LogP contribution in [0, 0.1) is 17.5 Å². The van der Waals surface area contributed by atoms with Crippen molar-refractivity contribution in [2.24, 2.45) is 0 Å². The monoisotopic (exact) mass is 414 g/mol. The van der Waals surface area contributed by atoms with Crippen LogP contribution in [-0.4, -0.2) is 9.55 Å². The fourth-order valence-electron chi connectivity index (χ4n) is 2.13. The molecule has 1 aromatic heterocycles. The van der Waals surface area contributed by atoms with Gasteiger partial charge in [-0.05, 0) is 71.0 Å². The molecule has 0 aliphatic rings. The van der Waals surface area contributed by atoms with Gasteiger partial charge in [-0.25, -0.2) is 4.39 Å². The van der Waals surface area contributed by atoms with Gasteiger partial charge < -0.3 is 4.98 Å². The van der Waals surface area contributed by atoms with E-state index in [4.69, 9.17) is 12.2 Å².